The van der Waals surface area contributed by atoms with Crippen LogP contribution in [0.15, 0.2) is 16.6 Å². The summed E-state index contributed by atoms with van der Waals surface area (Å²) >= 11 is 9.16. The molecule has 5 heteroatoms. The van der Waals surface area contributed by atoms with Gasteiger partial charge in [0.05, 0.1) is 17.2 Å². The highest BCUT2D eigenvalue weighted by molar-refractivity contribution is 9.10. The third kappa shape index (κ3) is 2.72. The third-order valence-corrected chi connectivity index (χ3v) is 4.66. The maximum absolute atomic E-state index is 14.2. The van der Waals surface area contributed by atoms with Crippen LogP contribution in [0, 0.1) is 11.7 Å². The fourth-order valence-electron chi connectivity index (χ4n) is 2.30. The van der Waals surface area contributed by atoms with Crippen LogP contribution in [0.5, 0.6) is 0 Å². The van der Waals surface area contributed by atoms with Crippen LogP contribution in [-0.4, -0.2) is 20.3 Å². The second-order valence-electron chi connectivity index (χ2n) is 4.57. The van der Waals surface area contributed by atoms with Gasteiger partial charge in [-0.1, -0.05) is 17.7 Å². The normalized spacial score (nSPS) is 18.7. The van der Waals surface area contributed by atoms with Gasteiger partial charge in [-0.25, -0.2) is 4.39 Å². The first kappa shape index (κ1) is 14.3. The summed E-state index contributed by atoms with van der Waals surface area (Å²) in [6, 6.07) is 3.35. The predicted molar refractivity (Wildman–Crippen MR) is 74.4 cm³/mol. The summed E-state index contributed by atoms with van der Waals surface area (Å²) in [4.78, 5) is 0. The summed E-state index contributed by atoms with van der Waals surface area (Å²) in [5.74, 6) is 0.127. The average Bonchev–Trinajstić information content (AvgIpc) is 3.18. The molecule has 2 rings (SSSR count). The Morgan fingerprint density at radius 3 is 2.67 bits per heavy atom. The Balaban J connectivity index is 2.34. The number of benzene rings is 1. The largest absolute Gasteiger partial charge is 0.379 e. The molecule has 0 aliphatic heterocycles. The zero-order chi connectivity index (χ0) is 13.3. The van der Waals surface area contributed by atoms with Gasteiger partial charge in [0, 0.05) is 17.1 Å². The van der Waals surface area contributed by atoms with E-state index in [1.165, 1.54) is 0 Å². The molecule has 2 unspecified atom stereocenters. The van der Waals surface area contributed by atoms with Gasteiger partial charge in [0.15, 0.2) is 0 Å². The predicted octanol–water partition coefficient (Wildman–Crippen LogP) is 3.93. The zero-order valence-corrected chi connectivity index (χ0v) is 12.7. The van der Waals surface area contributed by atoms with Crippen LogP contribution in [0.1, 0.15) is 24.4 Å². The Morgan fingerprint density at radius 2 is 2.17 bits per heavy atom. The van der Waals surface area contributed by atoms with Crippen molar-refractivity contribution < 1.29 is 9.13 Å². The molecule has 2 atom stereocenters. The van der Waals surface area contributed by atoms with E-state index >= 15 is 0 Å². The van der Waals surface area contributed by atoms with Gasteiger partial charge in [0.1, 0.15) is 5.82 Å². The number of likely N-dealkylation sites (N-methyl/N-ethyl adjacent to an activating group) is 1. The van der Waals surface area contributed by atoms with Crippen LogP contribution in [0.25, 0.3) is 0 Å². The first-order valence-electron chi connectivity index (χ1n) is 5.93. The number of halogens is 3. The molecule has 1 aromatic rings. The lowest BCUT2D eigenvalue weighted by molar-refractivity contribution is 0.0520. The van der Waals surface area contributed by atoms with Crippen molar-refractivity contribution in [3.63, 3.8) is 0 Å². The Labute approximate surface area is 120 Å². The molecule has 1 aliphatic carbocycles. The molecular formula is C13H16BrClFNO. The fourth-order valence-corrected chi connectivity index (χ4v) is 2.78. The van der Waals surface area contributed by atoms with E-state index in [0.29, 0.717) is 16.0 Å². The highest BCUT2D eigenvalue weighted by atomic mass is 79.9. The maximum atomic E-state index is 14.2. The fraction of sp³-hybridized carbons (Fsp3) is 0.538. The van der Waals surface area contributed by atoms with E-state index < -0.39 is 0 Å². The molecule has 0 amide bonds. The van der Waals surface area contributed by atoms with Gasteiger partial charge in [0.25, 0.3) is 0 Å². The third-order valence-electron chi connectivity index (χ3n) is 3.40. The molecule has 1 aromatic carbocycles. The lowest BCUT2D eigenvalue weighted by Crippen LogP contribution is -2.33. The molecule has 0 saturated heterocycles. The topological polar surface area (TPSA) is 21.3 Å². The van der Waals surface area contributed by atoms with E-state index in [4.69, 9.17) is 16.3 Å². The van der Waals surface area contributed by atoms with Gasteiger partial charge in [-0.05, 0) is 47.8 Å². The van der Waals surface area contributed by atoms with Gasteiger partial charge in [0.2, 0.25) is 0 Å². The second kappa shape index (κ2) is 5.87. The van der Waals surface area contributed by atoms with Crippen molar-refractivity contribution >= 4 is 27.5 Å². The summed E-state index contributed by atoms with van der Waals surface area (Å²) in [7, 11) is 3.49. The quantitative estimate of drug-likeness (QED) is 0.823. The summed E-state index contributed by atoms with van der Waals surface area (Å²) in [6.07, 6.45) is 2.27. The lowest BCUT2D eigenvalue weighted by atomic mass is 9.97. The number of hydrogen-bond acceptors (Lipinski definition) is 2. The summed E-state index contributed by atoms with van der Waals surface area (Å²) < 4.78 is 20.3. The van der Waals surface area contributed by atoms with Crippen molar-refractivity contribution in [2.24, 2.45) is 5.92 Å². The van der Waals surface area contributed by atoms with Crippen LogP contribution in [0.2, 0.25) is 5.02 Å². The zero-order valence-electron chi connectivity index (χ0n) is 10.3. The van der Waals surface area contributed by atoms with E-state index in [0.717, 1.165) is 12.8 Å². The first-order valence-corrected chi connectivity index (χ1v) is 7.10. The van der Waals surface area contributed by atoms with E-state index in [1.807, 2.05) is 7.05 Å². The molecule has 0 aromatic heterocycles. The standard InChI is InChI=1S/C13H16BrClFNO/c1-17-12(13(18-2)7-3-4-7)8-5-6-9(14)10(15)11(8)16/h5-7,12-13,17H,3-4H2,1-2H3. The monoisotopic (exact) mass is 335 g/mol. The Morgan fingerprint density at radius 1 is 1.50 bits per heavy atom. The molecule has 1 fully saturated rings. The molecule has 0 heterocycles. The Bertz CT molecular complexity index is 439. The number of rotatable bonds is 5. The molecule has 1 saturated carbocycles. The molecule has 18 heavy (non-hydrogen) atoms. The Kier molecular flexibility index (Phi) is 4.64. The van der Waals surface area contributed by atoms with Gasteiger partial charge in [-0.3, -0.25) is 0 Å². The number of nitrogens with one attached hydrogen (secondary N) is 1. The molecule has 1 aliphatic rings. The smallest absolute Gasteiger partial charge is 0.147 e. The van der Waals surface area contributed by atoms with Crippen LogP contribution >= 0.6 is 27.5 Å². The summed E-state index contributed by atoms with van der Waals surface area (Å²) in [6.45, 7) is 0. The maximum Gasteiger partial charge on any atom is 0.147 e. The summed E-state index contributed by atoms with van der Waals surface area (Å²) in [5, 5.41) is 3.26. The van der Waals surface area contributed by atoms with Crippen LogP contribution < -0.4 is 5.32 Å². The molecule has 0 radical (unpaired) electrons. The van der Waals surface area contributed by atoms with Crippen LogP contribution in [0.4, 0.5) is 4.39 Å². The van der Waals surface area contributed by atoms with Crippen molar-refractivity contribution in [1.82, 2.24) is 5.32 Å². The average molecular weight is 337 g/mol. The van der Waals surface area contributed by atoms with Gasteiger partial charge >= 0.3 is 0 Å². The van der Waals surface area contributed by atoms with Crippen LogP contribution in [-0.2, 0) is 4.74 Å². The lowest BCUT2D eigenvalue weighted by Gasteiger charge is -2.26. The first-order chi connectivity index (χ1) is 8.60. The number of hydrogen-bond donors (Lipinski definition) is 1. The SMILES string of the molecule is CNC(c1ccc(Br)c(Cl)c1F)C(OC)C1CC1. The minimum atomic E-state index is -0.381. The highest BCUT2D eigenvalue weighted by Crippen LogP contribution is 2.41. The van der Waals surface area contributed by atoms with Gasteiger partial charge in [-0.2, -0.15) is 0 Å². The summed E-state index contributed by atoms with van der Waals surface area (Å²) in [5.41, 5.74) is 0.560. The minimum Gasteiger partial charge on any atom is -0.379 e. The minimum absolute atomic E-state index is 0.0123. The molecule has 0 spiro atoms. The molecule has 0 bridgehead atoms. The van der Waals surface area contributed by atoms with Gasteiger partial charge in [-0.15, -0.1) is 0 Å². The van der Waals surface area contributed by atoms with Crippen molar-refractivity contribution in [3.05, 3.63) is 33.0 Å². The van der Waals surface area contributed by atoms with E-state index in [-0.39, 0.29) is 23.0 Å². The van der Waals surface area contributed by atoms with E-state index in [9.17, 15) is 4.39 Å². The molecule has 2 nitrogen and oxygen atoms in total. The molecule has 100 valence electrons. The van der Waals surface area contributed by atoms with Crippen molar-refractivity contribution in [2.45, 2.75) is 25.0 Å². The van der Waals surface area contributed by atoms with E-state index in [2.05, 4.69) is 21.2 Å². The number of methoxy groups -OCH3 is 1. The highest BCUT2D eigenvalue weighted by Gasteiger charge is 2.38. The Hall–Kier alpha value is -0.160. The van der Waals surface area contributed by atoms with Crippen LogP contribution in [0.3, 0.4) is 0 Å². The molecule has 1 N–H and O–H groups in total. The second-order valence-corrected chi connectivity index (χ2v) is 5.80. The van der Waals surface area contributed by atoms with Gasteiger partial charge < -0.3 is 10.1 Å². The number of ether oxygens (including phenoxy) is 1. The van der Waals surface area contributed by atoms with Crippen molar-refractivity contribution in [3.8, 4) is 0 Å². The van der Waals surface area contributed by atoms with Crippen molar-refractivity contribution in [1.29, 1.82) is 0 Å². The van der Waals surface area contributed by atoms with Crippen molar-refractivity contribution in [2.75, 3.05) is 14.2 Å². The van der Waals surface area contributed by atoms with E-state index in [1.54, 1.807) is 19.2 Å². The molecular weight excluding hydrogens is 321 g/mol.